The van der Waals surface area contributed by atoms with Crippen LogP contribution in [0.5, 0.6) is 0 Å². The smallest absolute Gasteiger partial charge is 0.262 e. The largest absolute Gasteiger partial charge is 0.319 e. The number of carbonyl (C=O) groups excluding carboxylic acids is 1. The fourth-order valence-corrected chi connectivity index (χ4v) is 3.72. The van der Waals surface area contributed by atoms with Crippen molar-refractivity contribution in [2.24, 2.45) is 0 Å². The van der Waals surface area contributed by atoms with Gasteiger partial charge in [0, 0.05) is 10.6 Å². The maximum absolute atomic E-state index is 14.4. The average molecular weight is 419 g/mol. The Labute approximate surface area is 167 Å². The van der Waals surface area contributed by atoms with Gasteiger partial charge in [-0.3, -0.25) is 9.52 Å². The van der Waals surface area contributed by atoms with Gasteiger partial charge in [-0.1, -0.05) is 29.8 Å². The van der Waals surface area contributed by atoms with Crippen LogP contribution in [0, 0.1) is 12.7 Å². The number of carbonyl (C=O) groups is 1. The Morgan fingerprint density at radius 1 is 0.964 bits per heavy atom. The topological polar surface area (TPSA) is 75.3 Å². The highest BCUT2D eigenvalue weighted by Gasteiger charge is 2.18. The number of hydrogen-bond acceptors (Lipinski definition) is 3. The number of nitrogens with one attached hydrogen (secondary N) is 2. The third-order valence-corrected chi connectivity index (χ3v) is 5.61. The van der Waals surface area contributed by atoms with Crippen molar-refractivity contribution < 1.29 is 17.6 Å². The van der Waals surface area contributed by atoms with Crippen molar-refractivity contribution in [2.45, 2.75) is 11.8 Å². The SMILES string of the molecule is Cc1ccccc1NS(=O)(=O)c1ccc(NC(=O)c2ccc(Cl)cc2)c(F)c1. The first-order chi connectivity index (χ1) is 13.3. The number of anilines is 2. The molecular weight excluding hydrogens is 403 g/mol. The third-order valence-electron chi connectivity index (χ3n) is 3.99. The summed E-state index contributed by atoms with van der Waals surface area (Å²) in [4.78, 5) is 11.9. The van der Waals surface area contributed by atoms with E-state index in [9.17, 15) is 17.6 Å². The Bertz CT molecular complexity index is 1130. The lowest BCUT2D eigenvalue weighted by Gasteiger charge is -2.12. The molecule has 8 heteroatoms. The third kappa shape index (κ3) is 4.49. The van der Waals surface area contributed by atoms with Crippen LogP contribution < -0.4 is 10.0 Å². The van der Waals surface area contributed by atoms with Crippen LogP contribution in [-0.2, 0) is 10.0 Å². The van der Waals surface area contributed by atoms with Crippen molar-refractivity contribution in [1.29, 1.82) is 0 Å². The second-order valence-corrected chi connectivity index (χ2v) is 8.14. The summed E-state index contributed by atoms with van der Waals surface area (Å²) < 4.78 is 41.9. The molecule has 0 heterocycles. The monoisotopic (exact) mass is 418 g/mol. The molecule has 0 saturated heterocycles. The molecule has 0 atom stereocenters. The molecule has 0 aliphatic rings. The molecule has 0 radical (unpaired) electrons. The molecule has 0 unspecified atom stereocenters. The van der Waals surface area contributed by atoms with Crippen molar-refractivity contribution >= 4 is 38.9 Å². The summed E-state index contributed by atoms with van der Waals surface area (Å²) in [5.41, 5.74) is 1.30. The summed E-state index contributed by atoms with van der Waals surface area (Å²) in [7, 11) is -3.98. The second-order valence-electron chi connectivity index (χ2n) is 6.02. The molecule has 0 bridgehead atoms. The predicted octanol–water partition coefficient (Wildman–Crippen LogP) is 4.84. The van der Waals surface area contributed by atoms with Crippen LogP contribution in [-0.4, -0.2) is 14.3 Å². The Kier molecular flexibility index (Phi) is 5.67. The molecule has 28 heavy (non-hydrogen) atoms. The van der Waals surface area contributed by atoms with E-state index < -0.39 is 21.7 Å². The van der Waals surface area contributed by atoms with Gasteiger partial charge in [-0.2, -0.15) is 0 Å². The Balaban J connectivity index is 1.80. The lowest BCUT2D eigenvalue weighted by Crippen LogP contribution is -2.16. The normalized spacial score (nSPS) is 11.1. The number of rotatable bonds is 5. The first-order valence-corrected chi connectivity index (χ1v) is 10.1. The van der Waals surface area contributed by atoms with E-state index in [2.05, 4.69) is 10.0 Å². The summed E-state index contributed by atoms with van der Waals surface area (Å²) in [6.07, 6.45) is 0. The molecule has 3 aromatic rings. The standard InChI is InChI=1S/C20H16ClFN2O3S/c1-13-4-2-3-5-18(13)24-28(26,27)16-10-11-19(17(22)12-16)23-20(25)14-6-8-15(21)9-7-14/h2-12,24H,1H3,(H,23,25). The summed E-state index contributed by atoms with van der Waals surface area (Å²) >= 11 is 5.78. The number of halogens is 2. The summed E-state index contributed by atoms with van der Waals surface area (Å²) in [5, 5.41) is 2.88. The van der Waals surface area contributed by atoms with Crippen molar-refractivity contribution in [1.82, 2.24) is 0 Å². The molecule has 0 saturated carbocycles. The number of benzene rings is 3. The lowest BCUT2D eigenvalue weighted by atomic mass is 10.2. The van der Waals surface area contributed by atoms with Crippen LogP contribution in [0.15, 0.2) is 71.6 Å². The van der Waals surface area contributed by atoms with Crippen LogP contribution in [0.3, 0.4) is 0 Å². The zero-order valence-electron chi connectivity index (χ0n) is 14.7. The molecule has 0 aliphatic carbocycles. The maximum atomic E-state index is 14.4. The van der Waals surface area contributed by atoms with Gasteiger partial charge in [-0.25, -0.2) is 12.8 Å². The number of hydrogen-bond donors (Lipinski definition) is 2. The van der Waals surface area contributed by atoms with E-state index in [4.69, 9.17) is 11.6 Å². The van der Waals surface area contributed by atoms with Gasteiger partial charge in [0.25, 0.3) is 15.9 Å². The highest BCUT2D eigenvalue weighted by molar-refractivity contribution is 7.92. The van der Waals surface area contributed by atoms with E-state index in [0.717, 1.165) is 11.6 Å². The van der Waals surface area contributed by atoms with Crippen LogP contribution in [0.2, 0.25) is 5.02 Å². The van der Waals surface area contributed by atoms with Gasteiger partial charge in [0.1, 0.15) is 5.82 Å². The highest BCUT2D eigenvalue weighted by Crippen LogP contribution is 2.23. The van der Waals surface area contributed by atoms with Crippen LogP contribution in [0.25, 0.3) is 0 Å². The number of para-hydroxylation sites is 1. The van der Waals surface area contributed by atoms with Crippen molar-refractivity contribution in [2.75, 3.05) is 10.0 Å². The van der Waals surface area contributed by atoms with Crippen LogP contribution in [0.4, 0.5) is 15.8 Å². The first-order valence-electron chi connectivity index (χ1n) is 8.21. The fraction of sp³-hybridized carbons (Fsp3) is 0.0500. The molecule has 144 valence electrons. The summed E-state index contributed by atoms with van der Waals surface area (Å²) in [6.45, 7) is 1.76. The van der Waals surface area contributed by atoms with E-state index >= 15 is 0 Å². The number of aryl methyl sites for hydroxylation is 1. The summed E-state index contributed by atoms with van der Waals surface area (Å²) in [6, 6.07) is 16.2. The van der Waals surface area contributed by atoms with Gasteiger partial charge in [0.05, 0.1) is 16.3 Å². The zero-order valence-corrected chi connectivity index (χ0v) is 16.3. The van der Waals surface area contributed by atoms with Crippen molar-refractivity contribution in [3.63, 3.8) is 0 Å². The van der Waals surface area contributed by atoms with E-state index in [1.54, 1.807) is 43.3 Å². The molecular formula is C20H16ClFN2O3S. The van der Waals surface area contributed by atoms with Gasteiger partial charge in [-0.15, -0.1) is 0 Å². The Morgan fingerprint density at radius 2 is 1.64 bits per heavy atom. The van der Waals surface area contributed by atoms with Gasteiger partial charge in [-0.05, 0) is 61.0 Å². The highest BCUT2D eigenvalue weighted by atomic mass is 35.5. The van der Waals surface area contributed by atoms with Crippen molar-refractivity contribution in [3.05, 3.63) is 88.7 Å². The van der Waals surface area contributed by atoms with Gasteiger partial charge < -0.3 is 5.32 Å². The van der Waals surface area contributed by atoms with Crippen molar-refractivity contribution in [3.8, 4) is 0 Å². The Hall–Kier alpha value is -2.90. The average Bonchev–Trinajstić information content (AvgIpc) is 2.65. The molecule has 0 fully saturated rings. The zero-order chi connectivity index (χ0) is 20.3. The number of amides is 1. The van der Waals surface area contributed by atoms with Crippen LogP contribution >= 0.6 is 11.6 Å². The first kappa shape index (κ1) is 19.9. The van der Waals surface area contributed by atoms with E-state index in [1.807, 2.05) is 0 Å². The van der Waals surface area contributed by atoms with E-state index in [1.165, 1.54) is 24.3 Å². The molecule has 0 aliphatic heterocycles. The predicted molar refractivity (Wildman–Crippen MR) is 108 cm³/mol. The van der Waals surface area contributed by atoms with E-state index in [-0.39, 0.29) is 10.6 Å². The minimum absolute atomic E-state index is 0.130. The molecule has 1 amide bonds. The minimum Gasteiger partial charge on any atom is -0.319 e. The van der Waals surface area contributed by atoms with Crippen LogP contribution in [0.1, 0.15) is 15.9 Å². The molecule has 0 aromatic heterocycles. The maximum Gasteiger partial charge on any atom is 0.262 e. The summed E-state index contributed by atoms with van der Waals surface area (Å²) in [5.74, 6) is -1.40. The van der Waals surface area contributed by atoms with Gasteiger partial charge in [0.2, 0.25) is 0 Å². The fourth-order valence-electron chi connectivity index (χ4n) is 2.45. The molecule has 3 rings (SSSR count). The molecule has 3 aromatic carbocycles. The van der Waals surface area contributed by atoms with E-state index in [0.29, 0.717) is 16.3 Å². The van der Waals surface area contributed by atoms with Gasteiger partial charge in [0.15, 0.2) is 0 Å². The molecule has 2 N–H and O–H groups in total. The minimum atomic E-state index is -3.98. The number of sulfonamides is 1. The van der Waals surface area contributed by atoms with Gasteiger partial charge >= 0.3 is 0 Å². The molecule has 0 spiro atoms. The lowest BCUT2D eigenvalue weighted by molar-refractivity contribution is 0.102. The second kappa shape index (κ2) is 8.00. The quantitative estimate of drug-likeness (QED) is 0.622. The Morgan fingerprint density at radius 3 is 2.29 bits per heavy atom. The molecule has 5 nitrogen and oxygen atoms in total.